The molecular formula is C9H12BrN. The fraction of sp³-hybridized carbons (Fsp3) is 0.111. The Morgan fingerprint density at radius 3 is 2.55 bits per heavy atom. The maximum absolute atomic E-state index is 5.26. The van der Waals surface area contributed by atoms with E-state index in [-0.39, 0.29) is 0 Å². The quantitative estimate of drug-likeness (QED) is 0.718. The van der Waals surface area contributed by atoms with E-state index in [1.54, 1.807) is 6.08 Å². The fourth-order valence-corrected chi connectivity index (χ4v) is 0.839. The molecule has 0 rings (SSSR count). The van der Waals surface area contributed by atoms with Crippen LogP contribution in [0.2, 0.25) is 0 Å². The van der Waals surface area contributed by atoms with Crippen LogP contribution in [0.15, 0.2) is 47.1 Å². The van der Waals surface area contributed by atoms with E-state index in [0.717, 1.165) is 10.1 Å². The highest BCUT2D eigenvalue weighted by atomic mass is 79.9. The molecule has 0 amide bonds. The SMILES string of the molecule is C=CC(/C=C\C)=C/C(Br)=C/N. The highest BCUT2D eigenvalue weighted by Gasteiger charge is 1.85. The Bertz CT molecular complexity index is 212. The van der Waals surface area contributed by atoms with Crippen LogP contribution >= 0.6 is 15.9 Å². The minimum atomic E-state index is 0.852. The first kappa shape index (κ1) is 10.2. The third kappa shape index (κ3) is 4.62. The Morgan fingerprint density at radius 1 is 1.55 bits per heavy atom. The first-order valence-electron chi connectivity index (χ1n) is 3.28. The van der Waals surface area contributed by atoms with Crippen LogP contribution in [-0.2, 0) is 0 Å². The van der Waals surface area contributed by atoms with Gasteiger partial charge >= 0.3 is 0 Å². The van der Waals surface area contributed by atoms with Gasteiger partial charge in [0.25, 0.3) is 0 Å². The van der Waals surface area contributed by atoms with Gasteiger partial charge < -0.3 is 5.73 Å². The number of hydrogen-bond donors (Lipinski definition) is 1. The van der Waals surface area contributed by atoms with Gasteiger partial charge in [-0.3, -0.25) is 0 Å². The molecule has 0 saturated carbocycles. The second kappa shape index (κ2) is 5.98. The van der Waals surface area contributed by atoms with E-state index in [9.17, 15) is 0 Å². The molecular weight excluding hydrogens is 202 g/mol. The molecule has 0 aromatic carbocycles. The van der Waals surface area contributed by atoms with E-state index in [2.05, 4.69) is 22.5 Å². The molecule has 0 bridgehead atoms. The smallest absolute Gasteiger partial charge is 0.0335 e. The third-order valence-corrected chi connectivity index (χ3v) is 1.55. The highest BCUT2D eigenvalue weighted by molar-refractivity contribution is 9.11. The van der Waals surface area contributed by atoms with Gasteiger partial charge in [-0.1, -0.05) is 24.8 Å². The van der Waals surface area contributed by atoms with Crippen molar-refractivity contribution in [1.29, 1.82) is 0 Å². The van der Waals surface area contributed by atoms with Crippen molar-refractivity contribution in [2.45, 2.75) is 6.92 Å². The molecule has 2 heteroatoms. The van der Waals surface area contributed by atoms with Crippen LogP contribution in [0.4, 0.5) is 0 Å². The zero-order chi connectivity index (χ0) is 8.69. The molecule has 0 unspecified atom stereocenters. The number of hydrogen-bond acceptors (Lipinski definition) is 1. The van der Waals surface area contributed by atoms with E-state index in [1.165, 1.54) is 6.20 Å². The minimum absolute atomic E-state index is 0.852. The largest absolute Gasteiger partial charge is 0.404 e. The van der Waals surface area contributed by atoms with Crippen molar-refractivity contribution >= 4 is 15.9 Å². The summed E-state index contributed by atoms with van der Waals surface area (Å²) >= 11 is 3.27. The summed E-state index contributed by atoms with van der Waals surface area (Å²) in [4.78, 5) is 0. The number of halogens is 1. The summed E-state index contributed by atoms with van der Waals surface area (Å²) in [6.45, 7) is 5.61. The molecule has 11 heavy (non-hydrogen) atoms. The zero-order valence-corrected chi connectivity index (χ0v) is 8.14. The molecule has 0 saturated heterocycles. The normalized spacial score (nSPS) is 14.0. The van der Waals surface area contributed by atoms with Crippen molar-refractivity contribution in [2.24, 2.45) is 5.73 Å². The van der Waals surface area contributed by atoms with E-state index in [4.69, 9.17) is 5.73 Å². The highest BCUT2D eigenvalue weighted by Crippen LogP contribution is 2.09. The molecule has 0 fully saturated rings. The molecule has 0 aliphatic carbocycles. The van der Waals surface area contributed by atoms with Crippen molar-refractivity contribution in [2.75, 3.05) is 0 Å². The van der Waals surface area contributed by atoms with Crippen LogP contribution in [0.3, 0.4) is 0 Å². The van der Waals surface area contributed by atoms with Crippen LogP contribution in [0.5, 0.6) is 0 Å². The van der Waals surface area contributed by atoms with Crippen molar-refractivity contribution < 1.29 is 0 Å². The average Bonchev–Trinajstić information content (AvgIpc) is 2.03. The van der Waals surface area contributed by atoms with Gasteiger partial charge in [-0.05, 0) is 34.5 Å². The summed E-state index contributed by atoms with van der Waals surface area (Å²) < 4.78 is 0.852. The third-order valence-electron chi connectivity index (χ3n) is 1.06. The Morgan fingerprint density at radius 2 is 2.18 bits per heavy atom. The van der Waals surface area contributed by atoms with Crippen molar-refractivity contribution in [1.82, 2.24) is 0 Å². The maximum Gasteiger partial charge on any atom is 0.0335 e. The van der Waals surface area contributed by atoms with Crippen LogP contribution in [0, 0.1) is 0 Å². The summed E-state index contributed by atoms with van der Waals surface area (Å²) in [6, 6.07) is 0. The minimum Gasteiger partial charge on any atom is -0.404 e. The molecule has 0 spiro atoms. The van der Waals surface area contributed by atoms with Crippen LogP contribution in [0.1, 0.15) is 6.92 Å². The van der Waals surface area contributed by atoms with Crippen LogP contribution < -0.4 is 5.73 Å². The maximum atomic E-state index is 5.26. The molecule has 2 N–H and O–H groups in total. The Kier molecular flexibility index (Phi) is 5.57. The number of allylic oxidation sites excluding steroid dienone is 6. The molecule has 0 aliphatic rings. The summed E-state index contributed by atoms with van der Waals surface area (Å²) in [7, 11) is 0. The molecule has 60 valence electrons. The van der Waals surface area contributed by atoms with Crippen molar-refractivity contribution in [3.8, 4) is 0 Å². The van der Waals surface area contributed by atoms with Gasteiger partial charge in [-0.15, -0.1) is 0 Å². The van der Waals surface area contributed by atoms with Gasteiger partial charge in [0.1, 0.15) is 0 Å². The Labute approximate surface area is 76.1 Å². The van der Waals surface area contributed by atoms with Gasteiger partial charge in [0.15, 0.2) is 0 Å². The lowest BCUT2D eigenvalue weighted by molar-refractivity contribution is 1.56. The van der Waals surface area contributed by atoms with Crippen molar-refractivity contribution in [3.63, 3.8) is 0 Å². The number of nitrogens with two attached hydrogens (primary N) is 1. The predicted molar refractivity (Wildman–Crippen MR) is 54.3 cm³/mol. The van der Waals surface area contributed by atoms with E-state index < -0.39 is 0 Å². The second-order valence-corrected chi connectivity index (χ2v) is 2.82. The van der Waals surface area contributed by atoms with E-state index >= 15 is 0 Å². The second-order valence-electron chi connectivity index (χ2n) is 1.90. The predicted octanol–water partition coefficient (Wildman–Crippen LogP) is 2.87. The lowest BCUT2D eigenvalue weighted by Crippen LogP contribution is -1.79. The summed E-state index contributed by atoms with van der Waals surface area (Å²) in [5, 5.41) is 0. The Hall–Kier alpha value is -0.760. The van der Waals surface area contributed by atoms with E-state index in [1.807, 2.05) is 25.2 Å². The fourth-order valence-electron chi connectivity index (χ4n) is 0.575. The van der Waals surface area contributed by atoms with Crippen LogP contribution in [-0.4, -0.2) is 0 Å². The Balaban J connectivity index is 4.47. The van der Waals surface area contributed by atoms with Crippen molar-refractivity contribution in [3.05, 3.63) is 47.1 Å². The first-order valence-corrected chi connectivity index (χ1v) is 4.08. The lowest BCUT2D eigenvalue weighted by Gasteiger charge is -1.91. The molecule has 0 aromatic rings. The summed E-state index contributed by atoms with van der Waals surface area (Å²) in [6.07, 6.45) is 9.06. The van der Waals surface area contributed by atoms with Gasteiger partial charge in [-0.25, -0.2) is 0 Å². The standard InChI is InChI=1S/C9H12BrN/c1-3-5-8(4-2)6-9(10)7-11/h3-7H,2,11H2,1H3/b5-3-,8-6-,9-7-. The molecule has 0 aromatic heterocycles. The topological polar surface area (TPSA) is 26.0 Å². The molecule has 0 radical (unpaired) electrons. The average molecular weight is 214 g/mol. The molecule has 0 heterocycles. The van der Waals surface area contributed by atoms with E-state index in [0.29, 0.717) is 0 Å². The van der Waals surface area contributed by atoms with Gasteiger partial charge in [0.2, 0.25) is 0 Å². The first-order chi connectivity index (χ1) is 5.24. The summed E-state index contributed by atoms with van der Waals surface area (Å²) in [5.74, 6) is 0. The summed E-state index contributed by atoms with van der Waals surface area (Å²) in [5.41, 5.74) is 6.29. The zero-order valence-electron chi connectivity index (χ0n) is 6.55. The molecule has 0 aliphatic heterocycles. The lowest BCUT2D eigenvalue weighted by atomic mass is 10.2. The van der Waals surface area contributed by atoms with Crippen LogP contribution in [0.25, 0.3) is 0 Å². The molecule has 0 atom stereocenters. The number of rotatable bonds is 3. The van der Waals surface area contributed by atoms with Gasteiger partial charge in [0, 0.05) is 10.7 Å². The molecule has 1 nitrogen and oxygen atoms in total. The monoisotopic (exact) mass is 213 g/mol. The van der Waals surface area contributed by atoms with Gasteiger partial charge in [0.05, 0.1) is 0 Å². The van der Waals surface area contributed by atoms with Gasteiger partial charge in [-0.2, -0.15) is 0 Å².